The number of aliphatic imine (C=N–C) groups is 1. The maximum atomic E-state index is 12.8. The molecule has 0 spiro atoms. The van der Waals surface area contributed by atoms with Crippen LogP contribution in [0.4, 0.5) is 0 Å². The zero-order valence-corrected chi connectivity index (χ0v) is 18.9. The van der Waals surface area contributed by atoms with Gasteiger partial charge in [0, 0.05) is 27.8 Å². The molecule has 0 radical (unpaired) electrons. The van der Waals surface area contributed by atoms with Crippen molar-refractivity contribution in [3.05, 3.63) is 63.9 Å². The summed E-state index contributed by atoms with van der Waals surface area (Å²) in [6.07, 6.45) is 5.22. The van der Waals surface area contributed by atoms with E-state index >= 15 is 0 Å². The number of carbonyl (C=O) groups is 2. The molecule has 1 aliphatic carbocycles. The number of amides is 1. The minimum Gasteiger partial charge on any atom is -0.465 e. The average molecular weight is 443 g/mol. The number of allylic oxidation sites excluding steroid dienone is 1. The minimum absolute atomic E-state index is 0.157. The molecule has 0 fully saturated rings. The lowest BCUT2D eigenvalue weighted by molar-refractivity contribution is -0.146. The van der Waals surface area contributed by atoms with Crippen molar-refractivity contribution in [2.24, 2.45) is 10.9 Å². The van der Waals surface area contributed by atoms with E-state index in [0.29, 0.717) is 13.2 Å². The number of hydrogen-bond donors (Lipinski definition) is 1. The Hall–Kier alpha value is -2.25. The maximum absolute atomic E-state index is 12.8. The van der Waals surface area contributed by atoms with Gasteiger partial charge in [-0.3, -0.25) is 14.6 Å². The fourth-order valence-electron chi connectivity index (χ4n) is 3.48. The van der Waals surface area contributed by atoms with E-state index in [0.717, 1.165) is 38.7 Å². The van der Waals surface area contributed by atoms with Gasteiger partial charge in [-0.1, -0.05) is 47.8 Å². The van der Waals surface area contributed by atoms with Crippen molar-refractivity contribution in [1.82, 2.24) is 5.32 Å². The highest BCUT2D eigenvalue weighted by Gasteiger charge is 2.44. The Kier molecular flexibility index (Phi) is 7.99. The van der Waals surface area contributed by atoms with Gasteiger partial charge in [0.25, 0.3) is 0 Å². The molecule has 3 rings (SSSR count). The third-order valence-electron chi connectivity index (χ3n) is 4.71. The molecule has 1 aliphatic heterocycles. The largest absolute Gasteiger partial charge is 0.465 e. The quantitative estimate of drug-likeness (QED) is 0.358. The number of rotatable bonds is 8. The summed E-state index contributed by atoms with van der Waals surface area (Å²) in [6, 6.07) is 10.1. The lowest BCUT2D eigenvalue weighted by Crippen LogP contribution is -2.39. The molecule has 1 aromatic carbocycles. The number of nitrogens with zero attached hydrogens (tertiary/aromatic N) is 1. The first kappa shape index (κ1) is 22.4. The first-order valence-electron chi connectivity index (χ1n) is 9.95. The molecule has 30 heavy (non-hydrogen) atoms. The van der Waals surface area contributed by atoms with Gasteiger partial charge in [0.05, 0.1) is 18.5 Å². The fraction of sp³-hybridized carbons (Fsp3) is 0.348. The van der Waals surface area contributed by atoms with Crippen LogP contribution in [0, 0.1) is 5.92 Å². The first-order chi connectivity index (χ1) is 14.5. The molecule has 2 aliphatic rings. The van der Waals surface area contributed by atoms with Crippen molar-refractivity contribution in [1.29, 1.82) is 0 Å². The highest BCUT2D eigenvalue weighted by molar-refractivity contribution is 8.08. The van der Waals surface area contributed by atoms with Crippen molar-refractivity contribution < 1.29 is 14.3 Å². The maximum Gasteiger partial charge on any atom is 0.316 e. The molecule has 1 amide bonds. The van der Waals surface area contributed by atoms with E-state index in [-0.39, 0.29) is 17.3 Å². The van der Waals surface area contributed by atoms with Gasteiger partial charge in [-0.2, -0.15) is 0 Å². The van der Waals surface area contributed by atoms with Crippen molar-refractivity contribution in [2.75, 3.05) is 13.2 Å². The third-order valence-corrected chi connectivity index (χ3v) is 7.36. The summed E-state index contributed by atoms with van der Waals surface area (Å²) >= 11 is 3.22. The molecule has 7 heteroatoms. The van der Waals surface area contributed by atoms with Crippen LogP contribution in [-0.2, 0) is 14.3 Å². The summed E-state index contributed by atoms with van der Waals surface area (Å²) in [7, 11) is 0. The van der Waals surface area contributed by atoms with Gasteiger partial charge in [-0.05, 0) is 43.0 Å². The molecule has 0 unspecified atom stereocenters. The van der Waals surface area contributed by atoms with E-state index in [1.165, 1.54) is 6.92 Å². The number of esters is 1. The molecule has 1 N–H and O–H groups in total. The van der Waals surface area contributed by atoms with Gasteiger partial charge in [0.15, 0.2) is 0 Å². The van der Waals surface area contributed by atoms with Crippen LogP contribution >= 0.6 is 23.5 Å². The number of ether oxygens (including phenoxy) is 1. The van der Waals surface area contributed by atoms with Crippen LogP contribution in [0.25, 0.3) is 0 Å². The van der Waals surface area contributed by atoms with Crippen LogP contribution < -0.4 is 5.32 Å². The second kappa shape index (κ2) is 10.7. The van der Waals surface area contributed by atoms with Crippen molar-refractivity contribution >= 4 is 41.6 Å². The molecule has 5 nitrogen and oxygen atoms in total. The highest BCUT2D eigenvalue weighted by Crippen LogP contribution is 2.54. The Labute approximate surface area is 186 Å². The lowest BCUT2D eigenvalue weighted by Gasteiger charge is -2.22. The lowest BCUT2D eigenvalue weighted by atomic mass is 9.89. The Bertz CT molecular complexity index is 906. The van der Waals surface area contributed by atoms with Crippen LogP contribution in [0.3, 0.4) is 0 Å². The Balaban J connectivity index is 2.02. The molecule has 1 aromatic rings. The van der Waals surface area contributed by atoms with Crippen molar-refractivity contribution in [3.8, 4) is 0 Å². The van der Waals surface area contributed by atoms with E-state index in [9.17, 15) is 9.59 Å². The van der Waals surface area contributed by atoms with E-state index in [4.69, 9.17) is 4.74 Å². The van der Waals surface area contributed by atoms with Crippen LogP contribution in [-0.4, -0.2) is 36.6 Å². The predicted molar refractivity (Wildman–Crippen MR) is 124 cm³/mol. The zero-order valence-electron chi connectivity index (χ0n) is 17.2. The number of carbonyl (C=O) groups excluding carboxylic acids is 2. The Morgan fingerprint density at radius 1 is 1.33 bits per heavy atom. The van der Waals surface area contributed by atoms with Gasteiger partial charge >= 0.3 is 5.97 Å². The molecular weight excluding hydrogens is 416 g/mol. The van der Waals surface area contributed by atoms with Gasteiger partial charge in [-0.25, -0.2) is 0 Å². The van der Waals surface area contributed by atoms with Gasteiger partial charge in [-0.15, -0.1) is 6.58 Å². The second-order valence-corrected chi connectivity index (χ2v) is 9.11. The van der Waals surface area contributed by atoms with Crippen molar-refractivity contribution in [2.45, 2.75) is 37.0 Å². The smallest absolute Gasteiger partial charge is 0.316 e. The summed E-state index contributed by atoms with van der Waals surface area (Å²) in [5.41, 5.74) is 2.19. The summed E-state index contributed by atoms with van der Waals surface area (Å²) in [5, 5.41) is 2.58. The Morgan fingerprint density at radius 3 is 2.77 bits per heavy atom. The summed E-state index contributed by atoms with van der Waals surface area (Å²) in [5.74, 6) is -0.899. The molecular formula is C23H26N2O3S2. The number of benzene rings is 1. The average Bonchev–Trinajstić information content (AvgIpc) is 3.08. The number of hydrogen-bond acceptors (Lipinski definition) is 6. The van der Waals surface area contributed by atoms with Crippen LogP contribution in [0.2, 0.25) is 0 Å². The normalized spacial score (nSPS) is 21.0. The van der Waals surface area contributed by atoms with E-state index < -0.39 is 5.92 Å². The molecule has 0 saturated carbocycles. The van der Waals surface area contributed by atoms with Gasteiger partial charge in [0.2, 0.25) is 5.91 Å². The monoisotopic (exact) mass is 442 g/mol. The SMILES string of the molecule is C=CCN=CC1=C(Sc2ccccc2)C2=C(CC1)[C@@H](C(=O)OCC)[C@H](NC(C)=O)S2. The second-order valence-electron chi connectivity index (χ2n) is 6.88. The molecule has 1 heterocycles. The standard InChI is InChI=1S/C23H26N2O3S2/c1-4-13-24-14-16-11-12-18-19(23(27)28-5-2)22(25-15(3)26)30-21(18)20(16)29-17-9-7-6-8-10-17/h4,6-10,14,19,22H,1,5,11-13H2,2-3H3,(H,25,26)/t19-,22-/m1/s1. The fourth-order valence-corrected chi connectivity index (χ4v) is 6.30. The van der Waals surface area contributed by atoms with Crippen LogP contribution in [0.15, 0.2) is 73.8 Å². The van der Waals surface area contributed by atoms with Crippen molar-refractivity contribution in [3.63, 3.8) is 0 Å². The molecule has 158 valence electrons. The van der Waals surface area contributed by atoms with E-state index in [2.05, 4.69) is 29.0 Å². The number of thioether (sulfide) groups is 2. The minimum atomic E-state index is -0.466. The van der Waals surface area contributed by atoms with Gasteiger partial charge in [0.1, 0.15) is 5.92 Å². The van der Waals surface area contributed by atoms with Crippen LogP contribution in [0.5, 0.6) is 0 Å². The summed E-state index contributed by atoms with van der Waals surface area (Å²) in [4.78, 5) is 32.3. The number of nitrogens with one attached hydrogen (secondary N) is 1. The molecule has 2 atom stereocenters. The van der Waals surface area contributed by atoms with E-state index in [1.807, 2.05) is 24.4 Å². The Morgan fingerprint density at radius 2 is 2.10 bits per heavy atom. The molecule has 0 aromatic heterocycles. The highest BCUT2D eigenvalue weighted by atomic mass is 32.2. The zero-order chi connectivity index (χ0) is 21.5. The predicted octanol–water partition coefficient (Wildman–Crippen LogP) is 4.73. The first-order valence-corrected chi connectivity index (χ1v) is 11.6. The summed E-state index contributed by atoms with van der Waals surface area (Å²) in [6.45, 7) is 7.88. The molecule has 0 saturated heterocycles. The molecule has 0 bridgehead atoms. The third kappa shape index (κ3) is 5.26. The van der Waals surface area contributed by atoms with Crippen LogP contribution in [0.1, 0.15) is 26.7 Å². The topological polar surface area (TPSA) is 67.8 Å². The van der Waals surface area contributed by atoms with Gasteiger partial charge < -0.3 is 10.1 Å². The van der Waals surface area contributed by atoms with E-state index in [1.54, 1.807) is 36.5 Å². The summed E-state index contributed by atoms with van der Waals surface area (Å²) < 4.78 is 5.35.